The summed E-state index contributed by atoms with van der Waals surface area (Å²) < 4.78 is 0. The minimum absolute atomic E-state index is 0. The molecule has 5 aromatic carbocycles. The Bertz CT molecular complexity index is 1720. The molecule has 2 aliphatic heterocycles. The Hall–Kier alpha value is -4.52. The van der Waals surface area contributed by atoms with E-state index in [1.165, 1.54) is 56.1 Å². The smallest absolute Gasteiger partial charge is 0.512 e. The molecule has 7 rings (SSSR count). The maximum Gasteiger partial charge on any atom is 4.00 e. The van der Waals surface area contributed by atoms with Crippen LogP contribution in [0.5, 0.6) is 0 Å². The minimum Gasteiger partial charge on any atom is -0.512 e. The second-order valence-electron chi connectivity index (χ2n) is 11.6. The van der Waals surface area contributed by atoms with Crippen molar-refractivity contribution in [1.82, 2.24) is 0 Å². The van der Waals surface area contributed by atoms with Gasteiger partial charge in [0.05, 0.1) is 0 Å². The Morgan fingerprint density at radius 3 is 1.13 bits per heavy atom. The van der Waals surface area contributed by atoms with E-state index in [-0.39, 0.29) is 21.1 Å². The number of nitrogens with zero attached hydrogens (tertiary/aromatic N) is 5. The van der Waals surface area contributed by atoms with Crippen LogP contribution in [0.4, 0.5) is 45.5 Å². The van der Waals surface area contributed by atoms with Gasteiger partial charge in [-0.25, -0.2) is 0 Å². The maximum atomic E-state index is 6.25. The first-order valence-corrected chi connectivity index (χ1v) is 14.8. The van der Waals surface area contributed by atoms with Crippen molar-refractivity contribution >= 4 is 45.5 Å². The number of para-hydroxylation sites is 4. The average Bonchev–Trinajstić information content (AvgIpc) is 3.57. The summed E-state index contributed by atoms with van der Waals surface area (Å²) in [4.78, 5) is 9.15. The van der Waals surface area contributed by atoms with Crippen molar-refractivity contribution in [2.45, 2.75) is 41.5 Å². The molecule has 0 aromatic heterocycles. The monoisotopic (exact) mass is 768 g/mol. The number of benzene rings is 5. The van der Waals surface area contributed by atoms with E-state index in [0.717, 1.165) is 22.7 Å². The molecule has 0 fully saturated rings. The van der Waals surface area contributed by atoms with E-state index in [4.69, 9.17) is 11.8 Å². The maximum absolute atomic E-state index is 6.25. The van der Waals surface area contributed by atoms with Crippen LogP contribution >= 0.6 is 0 Å². The number of fused-ring (bicyclic) bond motifs is 2. The number of hydrogen-bond donors (Lipinski definition) is 0. The van der Waals surface area contributed by atoms with Gasteiger partial charge in [0.15, 0.2) is 0 Å². The standard InChI is InChI=1S/C38H35N4.CN.Pt/c1-25-18-27(3)37(28(4)19-25)41-23-39(33-14-7-9-16-35(33)41)31-12-11-13-32(22-31)40-24-42(36-17-10-8-15-34(36)40)38-29(5)20-26(2)21-30(38)6;1-2;/h7-21,23-24H,1-6H3;;/q-3;-1;+4. The van der Waals surface area contributed by atoms with Crippen LogP contribution in [0, 0.1) is 72.8 Å². The van der Waals surface area contributed by atoms with E-state index in [9.17, 15) is 0 Å². The summed E-state index contributed by atoms with van der Waals surface area (Å²) in [6.07, 6.45) is 0. The fourth-order valence-electron chi connectivity index (χ4n) is 6.79. The van der Waals surface area contributed by atoms with Gasteiger partial charge >= 0.3 is 21.1 Å². The summed E-state index contributed by atoms with van der Waals surface area (Å²) in [5, 5.41) is 6.25. The van der Waals surface area contributed by atoms with Crippen LogP contribution in [-0.4, -0.2) is 0 Å². The molecule has 0 saturated heterocycles. The van der Waals surface area contributed by atoms with Crippen molar-refractivity contribution < 1.29 is 21.1 Å². The molecule has 0 saturated carbocycles. The molecule has 0 amide bonds. The SMILES string of the molecule is Cc1cc(C)c(N2[CH-]N(c3[c-]c(N4[CH-]N(c5c(C)cc(C)cc5C)c5ccccc54)ccc3)c3ccccc32)c(C)c1.[C-]#N.[Pt+4]. The fourth-order valence-corrected chi connectivity index (χ4v) is 6.79. The molecule has 45 heavy (non-hydrogen) atoms. The van der Waals surface area contributed by atoms with Crippen LogP contribution in [0.2, 0.25) is 0 Å². The largest absolute Gasteiger partial charge is 4.00 e. The topological polar surface area (TPSA) is 36.8 Å². The zero-order chi connectivity index (χ0) is 31.1. The summed E-state index contributed by atoms with van der Waals surface area (Å²) >= 11 is 0. The van der Waals surface area contributed by atoms with Gasteiger partial charge in [0.1, 0.15) is 0 Å². The van der Waals surface area contributed by atoms with Crippen molar-refractivity contribution in [3.63, 3.8) is 0 Å². The number of hydrogen-bond acceptors (Lipinski definition) is 5. The van der Waals surface area contributed by atoms with Crippen LogP contribution in [0.25, 0.3) is 0 Å². The van der Waals surface area contributed by atoms with Crippen molar-refractivity contribution in [3.05, 3.63) is 150 Å². The number of rotatable bonds is 4. The molecule has 2 heterocycles. The summed E-state index contributed by atoms with van der Waals surface area (Å²) in [5.74, 6) is 0. The summed E-state index contributed by atoms with van der Waals surface area (Å²) in [5.41, 5.74) is 16.7. The normalized spacial score (nSPS) is 13.2. The van der Waals surface area contributed by atoms with Gasteiger partial charge in [-0.3, -0.25) is 0 Å². The van der Waals surface area contributed by atoms with Gasteiger partial charge in [0.2, 0.25) is 0 Å². The third-order valence-corrected chi connectivity index (χ3v) is 8.30. The number of anilines is 8. The van der Waals surface area contributed by atoms with E-state index in [1.54, 1.807) is 0 Å². The molecule has 0 N–H and O–H groups in total. The molecule has 0 unspecified atom stereocenters. The molecule has 6 heteroatoms. The van der Waals surface area contributed by atoms with E-state index >= 15 is 0 Å². The van der Waals surface area contributed by atoms with Crippen LogP contribution in [0.1, 0.15) is 33.4 Å². The van der Waals surface area contributed by atoms with Gasteiger partial charge in [0, 0.05) is 34.1 Å². The van der Waals surface area contributed by atoms with Crippen molar-refractivity contribution in [3.8, 4) is 0 Å². The van der Waals surface area contributed by atoms with Crippen molar-refractivity contribution in [1.29, 1.82) is 5.26 Å². The van der Waals surface area contributed by atoms with Crippen molar-refractivity contribution in [2.75, 3.05) is 19.6 Å². The van der Waals surface area contributed by atoms with Crippen LogP contribution in [-0.2, 0) is 21.1 Å². The Labute approximate surface area is 282 Å². The summed E-state index contributed by atoms with van der Waals surface area (Å²) in [7, 11) is 0. The second-order valence-corrected chi connectivity index (χ2v) is 11.6. The van der Waals surface area contributed by atoms with Gasteiger partial charge in [-0.05, 0) is 88.1 Å². The first-order valence-electron chi connectivity index (χ1n) is 14.8. The van der Waals surface area contributed by atoms with Gasteiger partial charge in [-0.2, -0.15) is 6.07 Å². The first-order chi connectivity index (χ1) is 21.3. The van der Waals surface area contributed by atoms with Crippen LogP contribution < -0.4 is 19.6 Å². The summed E-state index contributed by atoms with van der Waals surface area (Å²) in [6.45, 7) is 22.3. The molecular formula is C39H35N5Pt. The second kappa shape index (κ2) is 12.8. The van der Waals surface area contributed by atoms with Crippen molar-refractivity contribution in [2.24, 2.45) is 0 Å². The molecule has 5 aromatic rings. The third kappa shape index (κ3) is 5.60. The molecule has 0 aliphatic carbocycles. The predicted octanol–water partition coefficient (Wildman–Crippen LogP) is 10.2. The first kappa shape index (κ1) is 31.9. The Morgan fingerprint density at radius 2 is 0.800 bits per heavy atom. The quantitative estimate of drug-likeness (QED) is 0.170. The predicted molar refractivity (Wildman–Crippen MR) is 182 cm³/mol. The molecule has 226 valence electrons. The van der Waals surface area contributed by atoms with Crippen LogP contribution in [0.15, 0.2) is 91.0 Å². The average molecular weight is 769 g/mol. The summed E-state index contributed by atoms with van der Waals surface area (Å²) in [6, 6.07) is 36.4. The van der Waals surface area contributed by atoms with E-state index in [2.05, 4.69) is 172 Å². The Morgan fingerprint density at radius 1 is 0.489 bits per heavy atom. The third-order valence-electron chi connectivity index (χ3n) is 8.30. The van der Waals surface area contributed by atoms with Gasteiger partial charge in [-0.1, -0.05) is 59.7 Å². The van der Waals surface area contributed by atoms with E-state index in [0.29, 0.717) is 0 Å². The zero-order valence-corrected chi connectivity index (χ0v) is 28.6. The minimum atomic E-state index is 0. The van der Waals surface area contributed by atoms with E-state index < -0.39 is 0 Å². The van der Waals surface area contributed by atoms with Gasteiger partial charge in [-0.15, -0.1) is 42.9 Å². The molecule has 0 bridgehead atoms. The van der Waals surface area contributed by atoms with Gasteiger partial charge in [0.25, 0.3) is 0 Å². The Kier molecular flexibility index (Phi) is 9.10. The molecule has 2 aliphatic rings. The molecule has 0 atom stereocenters. The molecule has 0 radical (unpaired) electrons. The fraction of sp³-hybridized carbons (Fsp3) is 0.154. The molecule has 5 nitrogen and oxygen atoms in total. The zero-order valence-electron chi connectivity index (χ0n) is 26.4. The van der Waals surface area contributed by atoms with E-state index in [1.807, 2.05) is 0 Å². The number of aryl methyl sites for hydroxylation is 6. The molecular weight excluding hydrogens is 734 g/mol. The van der Waals surface area contributed by atoms with Crippen LogP contribution in [0.3, 0.4) is 0 Å². The molecule has 0 spiro atoms. The van der Waals surface area contributed by atoms with Gasteiger partial charge < -0.3 is 31.4 Å². The Balaban J connectivity index is 0.00000131.